The first-order valence-electron chi connectivity index (χ1n) is 11.2. The second-order valence-corrected chi connectivity index (χ2v) is 9.01. The number of nitrogens with one attached hydrogen (secondary N) is 1. The summed E-state index contributed by atoms with van der Waals surface area (Å²) < 4.78 is 1.81. The van der Waals surface area contributed by atoms with Gasteiger partial charge in [-0.3, -0.25) is 9.48 Å². The fourth-order valence-corrected chi connectivity index (χ4v) is 4.94. The summed E-state index contributed by atoms with van der Waals surface area (Å²) in [5.74, 6) is 1.78. The molecule has 2 aliphatic rings. The zero-order chi connectivity index (χ0) is 21.1. The molecule has 1 atom stereocenters. The van der Waals surface area contributed by atoms with Gasteiger partial charge in [-0.05, 0) is 50.8 Å². The smallest absolute Gasteiger partial charge is 0.254 e. The number of H-pyrrole nitrogens is 1. The van der Waals surface area contributed by atoms with E-state index >= 15 is 0 Å². The minimum Gasteiger partial charge on any atom is -0.342 e. The molecule has 1 aliphatic carbocycles. The molecular weight excluding hydrogens is 388 g/mol. The summed E-state index contributed by atoms with van der Waals surface area (Å²) in [7, 11) is 1.91. The summed E-state index contributed by atoms with van der Waals surface area (Å²) >= 11 is 0. The van der Waals surface area contributed by atoms with Crippen LogP contribution < -0.4 is 0 Å². The fourth-order valence-electron chi connectivity index (χ4n) is 4.94. The van der Waals surface area contributed by atoms with Crippen molar-refractivity contribution in [2.24, 2.45) is 7.05 Å². The van der Waals surface area contributed by atoms with Crippen LogP contribution in [-0.4, -0.2) is 48.6 Å². The maximum Gasteiger partial charge on any atom is 0.254 e. The van der Waals surface area contributed by atoms with Gasteiger partial charge in [-0.1, -0.05) is 12.1 Å². The Morgan fingerprint density at radius 2 is 1.97 bits per heavy atom. The number of piperidine rings is 1. The molecule has 1 aliphatic heterocycles. The lowest BCUT2D eigenvalue weighted by Crippen LogP contribution is -2.39. The Hall–Kier alpha value is -3.22. The molecule has 1 saturated carbocycles. The van der Waals surface area contributed by atoms with Gasteiger partial charge in [0.25, 0.3) is 5.91 Å². The summed E-state index contributed by atoms with van der Waals surface area (Å²) in [5, 5.41) is 5.45. The summed E-state index contributed by atoms with van der Waals surface area (Å²) in [5.41, 5.74) is 5.50. The van der Waals surface area contributed by atoms with E-state index < -0.39 is 0 Å². The van der Waals surface area contributed by atoms with Crippen molar-refractivity contribution in [1.29, 1.82) is 0 Å². The Morgan fingerprint density at radius 3 is 2.77 bits per heavy atom. The van der Waals surface area contributed by atoms with Crippen molar-refractivity contribution in [3.8, 4) is 0 Å². The Labute approximate surface area is 180 Å². The van der Waals surface area contributed by atoms with E-state index in [2.05, 4.69) is 16.1 Å². The molecule has 31 heavy (non-hydrogen) atoms. The summed E-state index contributed by atoms with van der Waals surface area (Å²) in [6, 6.07) is 10.1. The summed E-state index contributed by atoms with van der Waals surface area (Å²) in [4.78, 5) is 28.9. The van der Waals surface area contributed by atoms with Crippen molar-refractivity contribution in [2.45, 2.75) is 44.4 Å². The average Bonchev–Trinajstić information content (AvgIpc) is 3.49. The number of carbonyl (C=O) groups excluding carboxylic acids is 1. The monoisotopic (exact) mass is 414 g/mol. The molecule has 158 valence electrons. The largest absolute Gasteiger partial charge is 0.342 e. The van der Waals surface area contributed by atoms with Crippen molar-refractivity contribution in [3.63, 3.8) is 0 Å². The van der Waals surface area contributed by atoms with Crippen LogP contribution in [0.25, 0.3) is 22.1 Å². The third-order valence-corrected chi connectivity index (χ3v) is 6.72. The third kappa shape index (κ3) is 3.10. The van der Waals surface area contributed by atoms with E-state index in [9.17, 15) is 4.79 Å². The second-order valence-electron chi connectivity index (χ2n) is 9.01. The number of aromatic amines is 1. The lowest BCUT2D eigenvalue weighted by atomic mass is 9.96. The molecule has 7 heteroatoms. The van der Waals surface area contributed by atoms with Crippen molar-refractivity contribution in [2.75, 3.05) is 13.1 Å². The van der Waals surface area contributed by atoms with Gasteiger partial charge in [0.2, 0.25) is 0 Å². The number of para-hydroxylation sites is 2. The Bertz CT molecular complexity index is 1280. The first-order chi connectivity index (χ1) is 15.1. The molecule has 1 unspecified atom stereocenters. The van der Waals surface area contributed by atoms with E-state index in [-0.39, 0.29) is 11.8 Å². The van der Waals surface area contributed by atoms with Crippen LogP contribution in [0.3, 0.4) is 0 Å². The fraction of sp³-hybridized carbons (Fsp3) is 0.417. The number of hydrogen-bond donors (Lipinski definition) is 1. The van der Waals surface area contributed by atoms with Gasteiger partial charge in [0, 0.05) is 37.7 Å². The SMILES string of the molecule is Cc1nn(C)c2nc(C3CC3)cc(C(=O)N3CCCC(c4nc5ccccc5[nH]4)C3)c12. The number of imidazole rings is 1. The number of amides is 1. The van der Waals surface area contributed by atoms with Crippen LogP contribution in [0.5, 0.6) is 0 Å². The van der Waals surface area contributed by atoms with E-state index in [0.717, 1.165) is 77.1 Å². The van der Waals surface area contributed by atoms with Crippen LogP contribution in [0.2, 0.25) is 0 Å². The molecule has 4 aromatic rings. The summed E-state index contributed by atoms with van der Waals surface area (Å²) in [6.45, 7) is 3.42. The first kappa shape index (κ1) is 18.5. The highest BCUT2D eigenvalue weighted by Crippen LogP contribution is 2.41. The maximum absolute atomic E-state index is 13.7. The zero-order valence-electron chi connectivity index (χ0n) is 17.9. The van der Waals surface area contributed by atoms with E-state index in [1.54, 1.807) is 4.68 Å². The molecule has 0 bridgehead atoms. The van der Waals surface area contributed by atoms with Gasteiger partial charge in [-0.2, -0.15) is 5.10 Å². The molecule has 6 rings (SSSR count). The van der Waals surface area contributed by atoms with Gasteiger partial charge >= 0.3 is 0 Å². The number of aryl methyl sites for hydroxylation is 2. The number of hydrogen-bond acceptors (Lipinski definition) is 4. The van der Waals surface area contributed by atoms with Crippen LogP contribution in [0, 0.1) is 6.92 Å². The molecule has 4 heterocycles. The highest BCUT2D eigenvalue weighted by Gasteiger charge is 2.32. The van der Waals surface area contributed by atoms with Crippen molar-refractivity contribution < 1.29 is 4.79 Å². The van der Waals surface area contributed by atoms with Crippen molar-refractivity contribution >= 4 is 28.0 Å². The van der Waals surface area contributed by atoms with E-state index in [4.69, 9.17) is 9.97 Å². The minimum absolute atomic E-state index is 0.0891. The van der Waals surface area contributed by atoms with Gasteiger partial charge in [-0.15, -0.1) is 0 Å². The standard InChI is InChI=1S/C24H26N6O/c1-14-21-17(12-20(15-9-10-15)27-23(21)29(2)28-14)24(31)30-11-5-6-16(13-30)22-25-18-7-3-4-8-19(18)26-22/h3-4,7-8,12,15-16H,5-6,9-11,13H2,1-2H3,(H,25,26). The maximum atomic E-state index is 13.7. The molecule has 2 fully saturated rings. The predicted molar refractivity (Wildman–Crippen MR) is 119 cm³/mol. The first-order valence-corrected chi connectivity index (χ1v) is 11.2. The number of nitrogens with zero attached hydrogens (tertiary/aromatic N) is 5. The topological polar surface area (TPSA) is 79.7 Å². The zero-order valence-corrected chi connectivity index (χ0v) is 17.9. The van der Waals surface area contributed by atoms with Gasteiger partial charge in [0.15, 0.2) is 5.65 Å². The van der Waals surface area contributed by atoms with E-state index in [0.29, 0.717) is 12.5 Å². The Morgan fingerprint density at radius 1 is 1.13 bits per heavy atom. The van der Waals surface area contributed by atoms with Gasteiger partial charge in [0.1, 0.15) is 5.82 Å². The van der Waals surface area contributed by atoms with Crippen LogP contribution in [0.15, 0.2) is 30.3 Å². The lowest BCUT2D eigenvalue weighted by molar-refractivity contribution is 0.0706. The number of fused-ring (bicyclic) bond motifs is 2. The molecule has 1 aromatic carbocycles. The number of likely N-dealkylation sites (tertiary alicyclic amines) is 1. The third-order valence-electron chi connectivity index (χ3n) is 6.72. The molecule has 7 nitrogen and oxygen atoms in total. The number of aromatic nitrogens is 5. The molecule has 0 radical (unpaired) electrons. The van der Waals surface area contributed by atoms with Crippen LogP contribution in [-0.2, 0) is 7.05 Å². The van der Waals surface area contributed by atoms with Gasteiger partial charge < -0.3 is 9.88 Å². The number of benzene rings is 1. The van der Waals surface area contributed by atoms with E-state index in [1.165, 1.54) is 0 Å². The average molecular weight is 415 g/mol. The number of carbonyl (C=O) groups is 1. The summed E-state index contributed by atoms with van der Waals surface area (Å²) in [6.07, 6.45) is 4.32. The van der Waals surface area contributed by atoms with Gasteiger partial charge in [0.05, 0.1) is 27.7 Å². The minimum atomic E-state index is 0.0891. The molecule has 3 aromatic heterocycles. The molecule has 0 spiro atoms. The van der Waals surface area contributed by atoms with Crippen molar-refractivity contribution in [1.82, 2.24) is 29.6 Å². The number of pyridine rings is 1. The second kappa shape index (κ2) is 6.90. The molecular formula is C24H26N6O. The highest BCUT2D eigenvalue weighted by molar-refractivity contribution is 6.06. The predicted octanol–water partition coefficient (Wildman–Crippen LogP) is 4.05. The van der Waals surface area contributed by atoms with Crippen LogP contribution in [0.1, 0.15) is 65.1 Å². The van der Waals surface area contributed by atoms with Gasteiger partial charge in [-0.25, -0.2) is 9.97 Å². The molecule has 1 saturated heterocycles. The van der Waals surface area contributed by atoms with Crippen molar-refractivity contribution in [3.05, 3.63) is 53.1 Å². The Balaban J connectivity index is 1.35. The van der Waals surface area contributed by atoms with E-state index in [1.807, 2.05) is 43.1 Å². The Kier molecular flexibility index (Phi) is 4.13. The van der Waals surface area contributed by atoms with Crippen LogP contribution >= 0.6 is 0 Å². The highest BCUT2D eigenvalue weighted by atomic mass is 16.2. The van der Waals surface area contributed by atoms with Crippen LogP contribution in [0.4, 0.5) is 0 Å². The molecule has 1 N–H and O–H groups in total. The normalized spacial score (nSPS) is 19.4. The number of rotatable bonds is 3. The molecule has 1 amide bonds. The quantitative estimate of drug-likeness (QED) is 0.548. The lowest BCUT2D eigenvalue weighted by Gasteiger charge is -2.32.